The SMILES string of the molecule is CCCCCCP(CC)CCC. The normalized spacial score (nSPS) is 13.2. The molecule has 1 heteroatoms. The molecule has 0 spiro atoms. The Balaban J connectivity index is 3.19. The highest BCUT2D eigenvalue weighted by molar-refractivity contribution is 7.57. The molecular formula is C11H25P. The van der Waals surface area contributed by atoms with E-state index < -0.39 is 0 Å². The van der Waals surface area contributed by atoms with Gasteiger partial charge >= 0.3 is 0 Å². The molecule has 0 aromatic heterocycles. The maximum absolute atomic E-state index is 2.36. The second kappa shape index (κ2) is 9.52. The molecule has 0 aromatic rings. The molecule has 0 saturated carbocycles. The zero-order valence-corrected chi connectivity index (χ0v) is 10.00. The Morgan fingerprint density at radius 3 is 2.00 bits per heavy atom. The van der Waals surface area contributed by atoms with Gasteiger partial charge in [0.15, 0.2) is 0 Å². The lowest BCUT2D eigenvalue weighted by atomic mass is 10.2. The third kappa shape index (κ3) is 7.10. The van der Waals surface area contributed by atoms with E-state index in [1.807, 2.05) is 0 Å². The molecule has 12 heavy (non-hydrogen) atoms. The van der Waals surface area contributed by atoms with E-state index in [1.54, 1.807) is 6.16 Å². The van der Waals surface area contributed by atoms with Gasteiger partial charge < -0.3 is 0 Å². The minimum Gasteiger partial charge on any atom is -0.107 e. The van der Waals surface area contributed by atoms with E-state index in [0.29, 0.717) is 7.92 Å². The Morgan fingerprint density at radius 2 is 1.50 bits per heavy atom. The summed E-state index contributed by atoms with van der Waals surface area (Å²) in [7, 11) is 0.425. The van der Waals surface area contributed by atoms with Gasteiger partial charge in [0.05, 0.1) is 0 Å². The topological polar surface area (TPSA) is 0 Å². The molecular weight excluding hydrogens is 163 g/mol. The van der Waals surface area contributed by atoms with E-state index in [9.17, 15) is 0 Å². The molecule has 0 fully saturated rings. The second-order valence-electron chi connectivity index (χ2n) is 3.49. The van der Waals surface area contributed by atoms with Crippen molar-refractivity contribution in [3.8, 4) is 0 Å². The third-order valence-electron chi connectivity index (χ3n) is 2.31. The summed E-state index contributed by atoms with van der Waals surface area (Å²) in [5.74, 6) is 0. The first kappa shape index (κ1) is 12.4. The largest absolute Gasteiger partial charge is 0.107 e. The van der Waals surface area contributed by atoms with Gasteiger partial charge in [-0.25, -0.2) is 0 Å². The number of hydrogen-bond donors (Lipinski definition) is 0. The van der Waals surface area contributed by atoms with Crippen LogP contribution in [-0.2, 0) is 0 Å². The van der Waals surface area contributed by atoms with Gasteiger partial charge in [0.2, 0.25) is 0 Å². The van der Waals surface area contributed by atoms with Crippen LogP contribution in [0.2, 0.25) is 0 Å². The van der Waals surface area contributed by atoms with Crippen molar-refractivity contribution < 1.29 is 0 Å². The molecule has 0 aliphatic rings. The van der Waals surface area contributed by atoms with Crippen LogP contribution in [0.4, 0.5) is 0 Å². The van der Waals surface area contributed by atoms with E-state index in [1.165, 1.54) is 44.4 Å². The average molecular weight is 188 g/mol. The lowest BCUT2D eigenvalue weighted by Gasteiger charge is -2.13. The van der Waals surface area contributed by atoms with E-state index in [2.05, 4.69) is 20.8 Å². The number of rotatable bonds is 8. The Labute approximate surface area is 79.9 Å². The van der Waals surface area contributed by atoms with Crippen LogP contribution in [0, 0.1) is 0 Å². The standard InChI is InChI=1S/C11H25P/c1-4-7-8-9-11-12(6-3)10-5-2/h4-11H2,1-3H3. The molecule has 0 heterocycles. The van der Waals surface area contributed by atoms with E-state index >= 15 is 0 Å². The molecule has 0 radical (unpaired) electrons. The first-order valence-corrected chi connectivity index (χ1v) is 7.47. The Bertz CT molecular complexity index is 81.1. The summed E-state index contributed by atoms with van der Waals surface area (Å²) in [4.78, 5) is 0. The minimum atomic E-state index is 0.425. The van der Waals surface area contributed by atoms with Crippen LogP contribution in [0.1, 0.15) is 52.9 Å². The van der Waals surface area contributed by atoms with Gasteiger partial charge in [-0.1, -0.05) is 46.5 Å². The van der Waals surface area contributed by atoms with Crippen LogP contribution in [0.5, 0.6) is 0 Å². The minimum absolute atomic E-state index is 0.425. The van der Waals surface area contributed by atoms with Crippen molar-refractivity contribution in [3.63, 3.8) is 0 Å². The summed E-state index contributed by atoms with van der Waals surface area (Å²) in [6, 6.07) is 0. The Hall–Kier alpha value is 0.430. The molecule has 1 atom stereocenters. The van der Waals surface area contributed by atoms with E-state index in [0.717, 1.165) is 0 Å². The molecule has 0 nitrogen and oxygen atoms in total. The fourth-order valence-corrected chi connectivity index (χ4v) is 3.67. The molecule has 1 unspecified atom stereocenters. The van der Waals surface area contributed by atoms with Gasteiger partial charge in [0, 0.05) is 0 Å². The number of hydrogen-bond acceptors (Lipinski definition) is 0. The van der Waals surface area contributed by atoms with Crippen LogP contribution >= 0.6 is 7.92 Å². The summed E-state index contributed by atoms with van der Waals surface area (Å²) in [6.07, 6.45) is 11.7. The van der Waals surface area contributed by atoms with Gasteiger partial charge in [-0.05, 0) is 24.9 Å². The van der Waals surface area contributed by atoms with Gasteiger partial charge in [-0.3, -0.25) is 0 Å². The zero-order valence-electron chi connectivity index (χ0n) is 9.10. The smallest absolute Gasteiger partial charge is 0.0326 e. The lowest BCUT2D eigenvalue weighted by Crippen LogP contribution is -1.92. The first-order chi connectivity index (χ1) is 5.85. The molecule has 0 amide bonds. The van der Waals surface area contributed by atoms with Crippen LogP contribution in [0.15, 0.2) is 0 Å². The van der Waals surface area contributed by atoms with Crippen molar-refractivity contribution in [3.05, 3.63) is 0 Å². The van der Waals surface area contributed by atoms with Gasteiger partial charge in [-0.2, -0.15) is 0 Å². The summed E-state index contributed by atoms with van der Waals surface area (Å²) < 4.78 is 0. The molecule has 0 rings (SSSR count). The van der Waals surface area contributed by atoms with Gasteiger partial charge in [0.25, 0.3) is 0 Å². The molecule has 0 bridgehead atoms. The summed E-state index contributed by atoms with van der Waals surface area (Å²) in [5.41, 5.74) is 0. The highest BCUT2D eigenvalue weighted by Gasteiger charge is 2.02. The lowest BCUT2D eigenvalue weighted by molar-refractivity contribution is 0.704. The van der Waals surface area contributed by atoms with Crippen molar-refractivity contribution >= 4 is 7.92 Å². The van der Waals surface area contributed by atoms with Crippen LogP contribution < -0.4 is 0 Å². The third-order valence-corrected chi connectivity index (χ3v) is 5.24. The zero-order chi connectivity index (χ0) is 9.23. The summed E-state index contributed by atoms with van der Waals surface area (Å²) in [5, 5.41) is 0. The summed E-state index contributed by atoms with van der Waals surface area (Å²) in [6.45, 7) is 6.97. The molecule has 0 aromatic carbocycles. The Morgan fingerprint density at radius 1 is 0.750 bits per heavy atom. The van der Waals surface area contributed by atoms with Crippen molar-refractivity contribution in [1.29, 1.82) is 0 Å². The quantitative estimate of drug-likeness (QED) is 0.389. The molecule has 0 N–H and O–H groups in total. The van der Waals surface area contributed by atoms with Crippen molar-refractivity contribution in [2.24, 2.45) is 0 Å². The average Bonchev–Trinajstić information content (AvgIpc) is 2.10. The molecule has 0 aliphatic heterocycles. The second-order valence-corrected chi connectivity index (χ2v) is 6.36. The molecule has 74 valence electrons. The van der Waals surface area contributed by atoms with Crippen LogP contribution in [0.25, 0.3) is 0 Å². The van der Waals surface area contributed by atoms with Crippen molar-refractivity contribution in [2.45, 2.75) is 52.9 Å². The van der Waals surface area contributed by atoms with Crippen molar-refractivity contribution in [2.75, 3.05) is 18.5 Å². The fraction of sp³-hybridized carbons (Fsp3) is 1.00. The summed E-state index contributed by atoms with van der Waals surface area (Å²) >= 11 is 0. The monoisotopic (exact) mass is 188 g/mol. The molecule has 0 saturated heterocycles. The highest BCUT2D eigenvalue weighted by Crippen LogP contribution is 2.36. The van der Waals surface area contributed by atoms with Crippen LogP contribution in [0.3, 0.4) is 0 Å². The van der Waals surface area contributed by atoms with E-state index in [-0.39, 0.29) is 0 Å². The first-order valence-electron chi connectivity index (χ1n) is 5.57. The van der Waals surface area contributed by atoms with Gasteiger partial charge in [-0.15, -0.1) is 7.92 Å². The van der Waals surface area contributed by atoms with E-state index in [4.69, 9.17) is 0 Å². The maximum Gasteiger partial charge on any atom is -0.0326 e. The van der Waals surface area contributed by atoms with Gasteiger partial charge in [0.1, 0.15) is 0 Å². The number of unbranched alkanes of at least 4 members (excludes halogenated alkanes) is 3. The molecule has 0 aliphatic carbocycles. The predicted octanol–water partition coefficient (Wildman–Crippen LogP) is 4.48. The van der Waals surface area contributed by atoms with Crippen LogP contribution in [-0.4, -0.2) is 18.5 Å². The maximum atomic E-state index is 2.36. The highest BCUT2D eigenvalue weighted by atomic mass is 31.1. The Kier molecular flexibility index (Phi) is 9.86. The fourth-order valence-electron chi connectivity index (χ4n) is 1.51. The predicted molar refractivity (Wildman–Crippen MR) is 61.6 cm³/mol. The van der Waals surface area contributed by atoms with Crippen molar-refractivity contribution in [1.82, 2.24) is 0 Å².